The summed E-state index contributed by atoms with van der Waals surface area (Å²) in [5, 5.41) is 0.571. The molecule has 1 amide bonds. The Kier molecular flexibility index (Phi) is 6.85. The minimum Gasteiger partial charge on any atom is -0.308 e. The highest BCUT2D eigenvalue weighted by molar-refractivity contribution is 7.89. The molecule has 34 heavy (non-hydrogen) atoms. The molecule has 1 aliphatic heterocycles. The number of nitrogens with zero attached hydrogens (tertiary/aromatic N) is 2. The fraction of sp³-hybridized carbons (Fsp3) is 0.296. The molecule has 1 heterocycles. The number of fused-ring (bicyclic) bond motifs is 1. The molecule has 3 aromatic rings. The van der Waals surface area contributed by atoms with Gasteiger partial charge in [-0.2, -0.15) is 4.31 Å². The molecule has 0 unspecified atom stereocenters. The van der Waals surface area contributed by atoms with Crippen LogP contribution in [0.1, 0.15) is 34.7 Å². The van der Waals surface area contributed by atoms with Gasteiger partial charge in [0.05, 0.1) is 11.4 Å². The molecule has 7 heteroatoms. The Balaban J connectivity index is 1.73. The molecular formula is C27H29ClN2O3S. The van der Waals surface area contributed by atoms with Gasteiger partial charge in [-0.15, -0.1) is 0 Å². The van der Waals surface area contributed by atoms with Crippen LogP contribution < -0.4 is 4.90 Å². The first kappa shape index (κ1) is 24.5. The molecule has 178 valence electrons. The molecule has 0 aromatic heterocycles. The normalized spacial score (nSPS) is 15.6. The number of para-hydroxylation sites is 1. The fourth-order valence-corrected chi connectivity index (χ4v) is 6.81. The van der Waals surface area contributed by atoms with Crippen molar-refractivity contribution in [3.05, 3.63) is 93.5 Å². The zero-order valence-electron chi connectivity index (χ0n) is 19.9. The van der Waals surface area contributed by atoms with E-state index in [1.54, 1.807) is 43.0 Å². The minimum atomic E-state index is -3.95. The Bertz CT molecular complexity index is 1310. The molecule has 3 aromatic carbocycles. The van der Waals surface area contributed by atoms with Crippen molar-refractivity contribution in [1.82, 2.24) is 4.31 Å². The molecular weight excluding hydrogens is 468 g/mol. The zero-order chi connectivity index (χ0) is 24.6. The third kappa shape index (κ3) is 4.76. The van der Waals surface area contributed by atoms with Gasteiger partial charge in [-0.25, -0.2) is 8.42 Å². The highest BCUT2D eigenvalue weighted by Gasteiger charge is 2.35. The molecule has 0 radical (unpaired) electrons. The van der Waals surface area contributed by atoms with Crippen LogP contribution in [0.3, 0.4) is 0 Å². The van der Waals surface area contributed by atoms with E-state index in [1.807, 2.05) is 50.2 Å². The maximum atomic E-state index is 14.0. The van der Waals surface area contributed by atoms with Gasteiger partial charge in [-0.05, 0) is 74.6 Å². The second-order valence-corrected chi connectivity index (χ2v) is 11.4. The highest BCUT2D eigenvalue weighted by atomic mass is 35.5. The zero-order valence-corrected chi connectivity index (χ0v) is 21.4. The second-order valence-electron chi connectivity index (χ2n) is 9.07. The van der Waals surface area contributed by atoms with E-state index < -0.39 is 10.0 Å². The lowest BCUT2D eigenvalue weighted by atomic mass is 10.1. The van der Waals surface area contributed by atoms with E-state index in [-0.39, 0.29) is 29.9 Å². The first-order valence-corrected chi connectivity index (χ1v) is 13.1. The number of rotatable bonds is 6. The van der Waals surface area contributed by atoms with Gasteiger partial charge in [0.25, 0.3) is 0 Å². The van der Waals surface area contributed by atoms with Crippen LogP contribution in [0.4, 0.5) is 5.69 Å². The highest BCUT2D eigenvalue weighted by Crippen LogP contribution is 2.33. The first-order valence-electron chi connectivity index (χ1n) is 11.3. The number of benzene rings is 3. The number of carbonyl (C=O) groups is 1. The summed E-state index contributed by atoms with van der Waals surface area (Å²) in [4.78, 5) is 15.6. The lowest BCUT2D eigenvalue weighted by molar-refractivity contribution is -0.119. The van der Waals surface area contributed by atoms with Crippen molar-refractivity contribution in [2.75, 3.05) is 11.4 Å². The predicted molar refractivity (Wildman–Crippen MR) is 137 cm³/mol. The Morgan fingerprint density at radius 3 is 2.29 bits per heavy atom. The summed E-state index contributed by atoms with van der Waals surface area (Å²) in [6.07, 6.45) is 0.752. The quantitative estimate of drug-likeness (QED) is 0.457. The predicted octanol–water partition coefficient (Wildman–Crippen LogP) is 5.43. The summed E-state index contributed by atoms with van der Waals surface area (Å²) >= 11 is 6.03. The van der Waals surface area contributed by atoms with Crippen LogP contribution in [0, 0.1) is 20.8 Å². The maximum Gasteiger partial charge on any atom is 0.244 e. The topological polar surface area (TPSA) is 57.7 Å². The van der Waals surface area contributed by atoms with Gasteiger partial charge in [0.1, 0.15) is 0 Å². The third-order valence-corrected chi connectivity index (χ3v) is 8.61. The molecule has 0 N–H and O–H groups in total. The van der Waals surface area contributed by atoms with Crippen LogP contribution in [0.15, 0.2) is 65.6 Å². The summed E-state index contributed by atoms with van der Waals surface area (Å²) in [5.41, 5.74) is 5.05. The van der Waals surface area contributed by atoms with Crippen LogP contribution in [0.5, 0.6) is 0 Å². The van der Waals surface area contributed by atoms with Crippen molar-refractivity contribution in [3.63, 3.8) is 0 Å². The van der Waals surface area contributed by atoms with E-state index in [9.17, 15) is 13.2 Å². The summed E-state index contributed by atoms with van der Waals surface area (Å²) in [7, 11) is -3.95. The van der Waals surface area contributed by atoms with Crippen LogP contribution in [0.25, 0.3) is 0 Å². The number of carbonyl (C=O) groups excluding carboxylic acids is 1. The van der Waals surface area contributed by atoms with E-state index in [2.05, 4.69) is 0 Å². The van der Waals surface area contributed by atoms with Gasteiger partial charge < -0.3 is 4.90 Å². The molecule has 0 saturated heterocycles. The monoisotopic (exact) mass is 496 g/mol. The molecule has 0 saturated carbocycles. The van der Waals surface area contributed by atoms with Gasteiger partial charge >= 0.3 is 0 Å². The number of sulfonamides is 1. The summed E-state index contributed by atoms with van der Waals surface area (Å²) in [5.74, 6) is -0.239. The van der Waals surface area contributed by atoms with Crippen molar-refractivity contribution in [2.45, 2.75) is 51.6 Å². The Hall–Kier alpha value is -2.67. The number of anilines is 1. The minimum absolute atomic E-state index is 0.0344. The van der Waals surface area contributed by atoms with E-state index in [1.165, 1.54) is 4.31 Å². The molecule has 1 atom stereocenters. The third-order valence-electron chi connectivity index (χ3n) is 6.26. The summed E-state index contributed by atoms with van der Waals surface area (Å²) in [6.45, 7) is 7.35. The molecule has 0 fully saturated rings. The molecule has 0 aliphatic carbocycles. The summed E-state index contributed by atoms with van der Waals surface area (Å²) < 4.78 is 29.2. The second kappa shape index (κ2) is 9.53. The number of aryl methyl sites for hydroxylation is 3. The Labute approximate surface area is 207 Å². The van der Waals surface area contributed by atoms with Crippen molar-refractivity contribution < 1.29 is 13.2 Å². The number of amides is 1. The van der Waals surface area contributed by atoms with E-state index in [0.29, 0.717) is 16.1 Å². The Morgan fingerprint density at radius 2 is 1.65 bits per heavy atom. The average molecular weight is 497 g/mol. The van der Waals surface area contributed by atoms with Crippen molar-refractivity contribution >= 4 is 33.2 Å². The lowest BCUT2D eigenvalue weighted by Gasteiger charge is -2.28. The standard InChI is InChI=1S/C27H29ClN2O3S/c1-18-13-19(2)27(20(3)14-18)34(32,33)29(16-22-9-11-24(28)12-10-22)17-26(31)30-21(4)15-23-7-5-6-8-25(23)30/h5-14,21H,15-17H2,1-4H3/t21-/m0/s1. The number of halogens is 1. The van der Waals surface area contributed by atoms with Gasteiger partial charge in [-0.3, -0.25) is 4.79 Å². The van der Waals surface area contributed by atoms with Gasteiger partial charge in [-0.1, -0.05) is 59.6 Å². The molecule has 4 rings (SSSR count). The van der Waals surface area contributed by atoms with Crippen molar-refractivity contribution in [1.29, 1.82) is 0 Å². The van der Waals surface area contributed by atoms with Crippen LogP contribution >= 0.6 is 11.6 Å². The molecule has 1 aliphatic rings. The SMILES string of the molecule is Cc1cc(C)c(S(=O)(=O)N(CC(=O)N2c3ccccc3C[C@@H]2C)Cc2ccc(Cl)cc2)c(C)c1. The number of hydrogen-bond acceptors (Lipinski definition) is 3. The first-order chi connectivity index (χ1) is 16.1. The van der Waals surface area contributed by atoms with Crippen LogP contribution in [0.2, 0.25) is 5.02 Å². The largest absolute Gasteiger partial charge is 0.308 e. The van der Waals surface area contributed by atoms with Gasteiger partial charge in [0.15, 0.2) is 0 Å². The van der Waals surface area contributed by atoms with Gasteiger partial charge in [0, 0.05) is 23.3 Å². The molecule has 0 bridgehead atoms. The van der Waals surface area contributed by atoms with Crippen molar-refractivity contribution in [3.8, 4) is 0 Å². The average Bonchev–Trinajstić information content (AvgIpc) is 3.09. The van der Waals surface area contributed by atoms with Crippen LogP contribution in [-0.4, -0.2) is 31.2 Å². The smallest absolute Gasteiger partial charge is 0.244 e. The van der Waals surface area contributed by atoms with E-state index in [4.69, 9.17) is 11.6 Å². The molecule has 0 spiro atoms. The van der Waals surface area contributed by atoms with Crippen molar-refractivity contribution in [2.24, 2.45) is 0 Å². The van der Waals surface area contributed by atoms with E-state index >= 15 is 0 Å². The Morgan fingerprint density at radius 1 is 1.03 bits per heavy atom. The lowest BCUT2D eigenvalue weighted by Crippen LogP contribution is -2.45. The molecule has 5 nitrogen and oxygen atoms in total. The number of hydrogen-bond donors (Lipinski definition) is 0. The maximum absolute atomic E-state index is 14.0. The van der Waals surface area contributed by atoms with Gasteiger partial charge in [0.2, 0.25) is 15.9 Å². The fourth-order valence-electron chi connectivity index (χ4n) is 4.89. The summed E-state index contributed by atoms with van der Waals surface area (Å²) in [6, 6.07) is 18.5. The van der Waals surface area contributed by atoms with E-state index in [0.717, 1.165) is 28.8 Å². The van der Waals surface area contributed by atoms with Crippen LogP contribution in [-0.2, 0) is 27.8 Å².